The molecule has 0 aromatic heterocycles. The third kappa shape index (κ3) is 9.82. The Morgan fingerprint density at radius 2 is 1.53 bits per heavy atom. The van der Waals surface area contributed by atoms with Crippen molar-refractivity contribution < 1.29 is 67.5 Å². The first kappa shape index (κ1) is 48.2. The number of carbonyl (C=O) groups excluding carboxylic acids is 1. The van der Waals surface area contributed by atoms with Crippen LogP contribution in [0.4, 0.5) is 0 Å². The molecule has 0 aromatic rings. The standard InChI is InChI=1S/C50H74O14/c1-27-13-12-16-34-26-57-47-42(51)30(4)21-37(50(34,47)54)48(53)60-36-22-35(63-49(25-36)20-19-29(3)45(64-49)33-14-10-9-11-15-33)18-17-28(2)44(27)61-41-24-39(56-8)46(32(6)59-41)62-40-23-38(55-7)43(52)31(5)58-40/h12-13,16-17,19-21,27,29,31-33,35-47,51-52,54H,9-11,14-15,18,22-26H2,1-8H3/b13-12-,28-17-,34-16-/t27-,29-,31-,32-,35+,36-,37-,38-,39-,40-,41-,42+,43-,44-,45-,46-,47+,49+,50+/m0/s1. The van der Waals surface area contributed by atoms with Crippen LogP contribution in [0.3, 0.4) is 0 Å². The normalized spacial score (nSPS) is 49.2. The summed E-state index contributed by atoms with van der Waals surface area (Å²) in [5.41, 5.74) is 0.166. The van der Waals surface area contributed by atoms with E-state index in [-0.39, 0.29) is 36.8 Å². The summed E-state index contributed by atoms with van der Waals surface area (Å²) in [7, 11) is 3.23. The molecular formula is C50H74O14. The molecule has 1 spiro atoms. The predicted octanol–water partition coefficient (Wildman–Crippen LogP) is 5.91. The zero-order valence-corrected chi connectivity index (χ0v) is 39.0. The van der Waals surface area contributed by atoms with Crippen LogP contribution < -0.4 is 0 Å². The Kier molecular flexibility index (Phi) is 15.1. The average molecular weight is 899 g/mol. The highest BCUT2D eigenvalue weighted by Gasteiger charge is 2.60. The lowest BCUT2D eigenvalue weighted by Crippen LogP contribution is -2.58. The quantitative estimate of drug-likeness (QED) is 0.204. The fourth-order valence-corrected chi connectivity index (χ4v) is 11.7. The summed E-state index contributed by atoms with van der Waals surface area (Å²) in [4.78, 5) is 14.4. The topological polar surface area (TPSA) is 170 Å². The Morgan fingerprint density at radius 1 is 0.812 bits per heavy atom. The van der Waals surface area contributed by atoms with Gasteiger partial charge in [0.1, 0.15) is 42.0 Å². The van der Waals surface area contributed by atoms with E-state index in [0.717, 1.165) is 18.4 Å². The van der Waals surface area contributed by atoms with Crippen molar-refractivity contribution in [1.82, 2.24) is 0 Å². The highest BCUT2D eigenvalue weighted by Crippen LogP contribution is 2.48. The average Bonchev–Trinajstić information content (AvgIpc) is 3.62. The molecule has 19 atom stereocenters. The third-order valence-corrected chi connectivity index (χ3v) is 15.4. The van der Waals surface area contributed by atoms with Crippen LogP contribution in [-0.4, -0.2) is 139 Å². The number of rotatable bonds is 7. The van der Waals surface area contributed by atoms with Gasteiger partial charge >= 0.3 is 5.97 Å². The minimum Gasteiger partial charge on any atom is -0.462 e. The molecule has 5 fully saturated rings. The number of esters is 1. The zero-order valence-electron chi connectivity index (χ0n) is 39.0. The summed E-state index contributed by atoms with van der Waals surface area (Å²) in [5.74, 6) is -2.32. The van der Waals surface area contributed by atoms with E-state index >= 15 is 0 Å². The van der Waals surface area contributed by atoms with Gasteiger partial charge in [0.15, 0.2) is 18.4 Å². The van der Waals surface area contributed by atoms with Crippen LogP contribution >= 0.6 is 0 Å². The van der Waals surface area contributed by atoms with Crippen LogP contribution in [0.25, 0.3) is 0 Å². The van der Waals surface area contributed by atoms with Gasteiger partial charge in [0, 0.05) is 51.7 Å². The maximum absolute atomic E-state index is 14.4. The molecule has 2 bridgehead atoms. The van der Waals surface area contributed by atoms with Gasteiger partial charge in [0.2, 0.25) is 0 Å². The molecule has 14 heteroatoms. The van der Waals surface area contributed by atoms with Crippen LogP contribution in [0, 0.1) is 23.7 Å². The second-order valence-corrected chi connectivity index (χ2v) is 20.0. The summed E-state index contributed by atoms with van der Waals surface area (Å²) in [6.07, 6.45) is 13.8. The van der Waals surface area contributed by atoms with Crippen molar-refractivity contribution in [2.75, 3.05) is 20.8 Å². The van der Waals surface area contributed by atoms with E-state index in [0.29, 0.717) is 49.2 Å². The smallest absolute Gasteiger partial charge is 0.316 e. The van der Waals surface area contributed by atoms with Gasteiger partial charge in [-0.1, -0.05) is 69.6 Å². The Labute approximate surface area is 379 Å². The number of allylic oxidation sites excluding steroid dienone is 2. The molecular weight excluding hydrogens is 825 g/mol. The lowest BCUT2D eigenvalue weighted by molar-refractivity contribution is -0.318. The van der Waals surface area contributed by atoms with Crippen molar-refractivity contribution in [3.63, 3.8) is 0 Å². The predicted molar refractivity (Wildman–Crippen MR) is 234 cm³/mol. The second kappa shape index (κ2) is 20.1. The summed E-state index contributed by atoms with van der Waals surface area (Å²) in [5, 5.41) is 34.3. The number of ether oxygens (including phenoxy) is 10. The van der Waals surface area contributed by atoms with Gasteiger partial charge < -0.3 is 62.7 Å². The number of aliphatic hydroxyl groups is 3. The van der Waals surface area contributed by atoms with Gasteiger partial charge in [0.25, 0.3) is 0 Å². The summed E-state index contributed by atoms with van der Waals surface area (Å²) < 4.78 is 64.1. The molecule has 14 nitrogen and oxygen atoms in total. The molecule has 6 aliphatic heterocycles. The number of aliphatic hydroxyl groups excluding tert-OH is 2. The van der Waals surface area contributed by atoms with Crippen LogP contribution in [0.1, 0.15) is 106 Å². The lowest BCUT2D eigenvalue weighted by atomic mass is 9.71. The molecule has 4 saturated heterocycles. The molecule has 358 valence electrons. The molecule has 1 saturated carbocycles. The number of carbonyl (C=O) groups is 1. The van der Waals surface area contributed by atoms with E-state index in [1.54, 1.807) is 40.2 Å². The Balaban J connectivity index is 1.08. The van der Waals surface area contributed by atoms with Crippen molar-refractivity contribution >= 4 is 5.97 Å². The largest absolute Gasteiger partial charge is 0.462 e. The SMILES string of the molecule is CO[C@H]1C[C@H](O[C@H]2[C@H](C)O[C@@H](O[C@@H]3/C(C)=C\C[C@@H]4C[C@@H](C[C@]5(C=C[C@H](C)[C@@H](C6CCCCC6)O5)O4)OC(=O)[C@@H]4C=C(C)[C@@H](O)[C@H]5OC/C(=C/C=C\[C@@H]3C)[C@]54O)C[C@@H]2OC)O[C@@H](C)[C@@H]1O. The van der Waals surface area contributed by atoms with Gasteiger partial charge in [0.05, 0.1) is 49.3 Å². The number of hydrogen-bond acceptors (Lipinski definition) is 14. The van der Waals surface area contributed by atoms with Crippen LogP contribution in [0.2, 0.25) is 0 Å². The van der Waals surface area contributed by atoms with Crippen LogP contribution in [0.15, 0.2) is 59.3 Å². The molecule has 64 heavy (non-hydrogen) atoms. The van der Waals surface area contributed by atoms with Gasteiger partial charge in [-0.05, 0) is 75.7 Å². The molecule has 3 N–H and O–H groups in total. The molecule has 8 aliphatic rings. The summed E-state index contributed by atoms with van der Waals surface area (Å²) in [6, 6.07) is 0. The van der Waals surface area contributed by atoms with Crippen molar-refractivity contribution in [2.24, 2.45) is 23.7 Å². The van der Waals surface area contributed by atoms with Gasteiger partial charge in [-0.15, -0.1) is 0 Å². The Morgan fingerprint density at radius 3 is 2.28 bits per heavy atom. The van der Waals surface area contributed by atoms with Crippen molar-refractivity contribution in [3.05, 3.63) is 59.3 Å². The fraction of sp³-hybridized carbons (Fsp3) is 0.780. The summed E-state index contributed by atoms with van der Waals surface area (Å²) >= 11 is 0. The molecule has 0 amide bonds. The highest BCUT2D eigenvalue weighted by atomic mass is 16.7. The minimum absolute atomic E-state index is 0.0242. The lowest BCUT2D eigenvalue weighted by Gasteiger charge is -2.49. The molecule has 8 rings (SSSR count). The van der Waals surface area contributed by atoms with E-state index < -0.39 is 90.8 Å². The Bertz CT molecular complexity index is 1790. The van der Waals surface area contributed by atoms with Gasteiger partial charge in [-0.3, -0.25) is 4.79 Å². The molecule has 0 unspecified atom stereocenters. The monoisotopic (exact) mass is 899 g/mol. The van der Waals surface area contributed by atoms with E-state index in [2.05, 4.69) is 32.9 Å². The first-order chi connectivity index (χ1) is 30.6. The molecule has 0 aromatic carbocycles. The first-order valence-electron chi connectivity index (χ1n) is 24.0. The fourth-order valence-electron chi connectivity index (χ4n) is 11.7. The highest BCUT2D eigenvalue weighted by molar-refractivity contribution is 5.78. The van der Waals surface area contributed by atoms with Gasteiger partial charge in [-0.2, -0.15) is 0 Å². The Hall–Kier alpha value is -2.31. The maximum atomic E-state index is 14.4. The minimum atomic E-state index is -1.83. The number of fused-ring (bicyclic) bond motifs is 2. The van der Waals surface area contributed by atoms with E-state index in [4.69, 9.17) is 47.4 Å². The van der Waals surface area contributed by atoms with Crippen LogP contribution in [0.5, 0.6) is 0 Å². The third-order valence-electron chi connectivity index (χ3n) is 15.4. The number of hydrogen-bond donors (Lipinski definition) is 3. The second-order valence-electron chi connectivity index (χ2n) is 20.0. The van der Waals surface area contributed by atoms with Crippen molar-refractivity contribution in [2.45, 2.75) is 203 Å². The summed E-state index contributed by atoms with van der Waals surface area (Å²) in [6.45, 7) is 11.9. The zero-order chi connectivity index (χ0) is 45.5. The maximum Gasteiger partial charge on any atom is 0.316 e. The molecule has 0 radical (unpaired) electrons. The van der Waals surface area contributed by atoms with E-state index in [1.165, 1.54) is 19.3 Å². The van der Waals surface area contributed by atoms with Crippen molar-refractivity contribution in [3.8, 4) is 0 Å². The van der Waals surface area contributed by atoms with E-state index in [1.807, 2.05) is 25.2 Å². The number of methoxy groups -OCH3 is 2. The van der Waals surface area contributed by atoms with Gasteiger partial charge in [-0.25, -0.2) is 0 Å². The van der Waals surface area contributed by atoms with E-state index in [9.17, 15) is 20.1 Å². The first-order valence-corrected chi connectivity index (χ1v) is 24.0. The van der Waals surface area contributed by atoms with Crippen molar-refractivity contribution in [1.29, 1.82) is 0 Å². The molecule has 2 aliphatic carbocycles. The molecule has 6 heterocycles. The van der Waals surface area contributed by atoms with Crippen LogP contribution in [-0.2, 0) is 52.2 Å².